The average molecular weight is 172 g/mol. The molecule has 0 aliphatic carbocycles. The van der Waals surface area contributed by atoms with Gasteiger partial charge in [-0.2, -0.15) is 0 Å². The average Bonchev–Trinajstić information content (AvgIpc) is 1.94. The van der Waals surface area contributed by atoms with Crippen molar-refractivity contribution >= 4 is 7.37 Å². The van der Waals surface area contributed by atoms with Gasteiger partial charge in [-0.3, -0.25) is 4.57 Å². The van der Waals surface area contributed by atoms with Gasteiger partial charge in [0.05, 0.1) is 0 Å². The maximum atomic E-state index is 11.4. The summed E-state index contributed by atoms with van der Waals surface area (Å²) in [6, 6.07) is 0. The minimum Gasteiger partial charge on any atom is -0.312 e. The fourth-order valence-electron chi connectivity index (χ4n) is 1.18. The molecule has 0 N–H and O–H groups in total. The molecule has 0 bridgehead atoms. The Labute approximate surface area is 67.8 Å². The summed E-state index contributed by atoms with van der Waals surface area (Å²) < 4.78 is 16.7. The van der Waals surface area contributed by atoms with Gasteiger partial charge in [-0.25, -0.2) is 0 Å². The van der Waals surface area contributed by atoms with Crippen LogP contribution < -0.4 is 0 Å². The van der Waals surface area contributed by atoms with Crippen molar-refractivity contribution in [2.45, 2.75) is 19.4 Å². The third-order valence-corrected chi connectivity index (χ3v) is 3.75. The molecule has 1 aliphatic rings. The van der Waals surface area contributed by atoms with E-state index in [0.717, 1.165) is 6.42 Å². The summed E-state index contributed by atoms with van der Waals surface area (Å²) in [7, 11) is -2.34. The summed E-state index contributed by atoms with van der Waals surface area (Å²) in [6.45, 7) is 3.69. The highest BCUT2D eigenvalue weighted by molar-refractivity contribution is 7.58. The standard InChI is InChI=1S/C8H13O2P/c1-4-8-7(2)5-6-11(3,9)10-8/h1,7-8H,5-6H2,2-3H3. The zero-order chi connectivity index (χ0) is 8.48. The van der Waals surface area contributed by atoms with E-state index < -0.39 is 7.37 Å². The van der Waals surface area contributed by atoms with E-state index in [9.17, 15) is 4.57 Å². The highest BCUT2D eigenvalue weighted by Gasteiger charge is 2.31. The summed E-state index contributed by atoms with van der Waals surface area (Å²) in [6.07, 6.45) is 6.57. The van der Waals surface area contributed by atoms with E-state index in [2.05, 4.69) is 5.92 Å². The SMILES string of the molecule is C#CC1OP(C)(=O)CCC1C. The van der Waals surface area contributed by atoms with Gasteiger partial charge in [-0.05, 0) is 12.3 Å². The van der Waals surface area contributed by atoms with Crippen LogP contribution in [0.25, 0.3) is 0 Å². The molecule has 3 atom stereocenters. The Morgan fingerprint density at radius 1 is 1.73 bits per heavy atom. The number of hydrogen-bond donors (Lipinski definition) is 0. The predicted octanol–water partition coefficient (Wildman–Crippen LogP) is 1.95. The van der Waals surface area contributed by atoms with E-state index in [-0.39, 0.29) is 6.10 Å². The minimum atomic E-state index is -2.34. The number of rotatable bonds is 0. The Bertz CT molecular complexity index is 229. The van der Waals surface area contributed by atoms with Crippen molar-refractivity contribution in [3.63, 3.8) is 0 Å². The lowest BCUT2D eigenvalue weighted by molar-refractivity contribution is 0.177. The van der Waals surface area contributed by atoms with E-state index in [4.69, 9.17) is 10.9 Å². The summed E-state index contributed by atoms with van der Waals surface area (Å²) >= 11 is 0. The van der Waals surface area contributed by atoms with Gasteiger partial charge in [0.1, 0.15) is 6.10 Å². The molecular formula is C8H13O2P. The second-order valence-corrected chi connectivity index (χ2v) is 5.88. The van der Waals surface area contributed by atoms with Gasteiger partial charge in [-0.15, -0.1) is 6.42 Å². The van der Waals surface area contributed by atoms with Crippen LogP contribution in [-0.2, 0) is 9.09 Å². The molecule has 0 radical (unpaired) electrons. The number of hydrogen-bond acceptors (Lipinski definition) is 2. The quantitative estimate of drug-likeness (QED) is 0.412. The van der Waals surface area contributed by atoms with Crippen LogP contribution in [0.5, 0.6) is 0 Å². The molecule has 3 unspecified atom stereocenters. The van der Waals surface area contributed by atoms with E-state index in [1.807, 2.05) is 6.92 Å². The lowest BCUT2D eigenvalue weighted by Crippen LogP contribution is -2.25. The molecule has 0 aromatic rings. The van der Waals surface area contributed by atoms with Crippen LogP contribution in [-0.4, -0.2) is 18.9 Å². The Morgan fingerprint density at radius 2 is 2.36 bits per heavy atom. The molecule has 1 heterocycles. The first-order valence-electron chi connectivity index (χ1n) is 3.76. The first kappa shape index (κ1) is 8.84. The molecule has 0 amide bonds. The van der Waals surface area contributed by atoms with Crippen LogP contribution in [0.3, 0.4) is 0 Å². The monoisotopic (exact) mass is 172 g/mol. The van der Waals surface area contributed by atoms with E-state index in [1.54, 1.807) is 6.66 Å². The first-order chi connectivity index (χ1) is 5.05. The van der Waals surface area contributed by atoms with Crippen molar-refractivity contribution in [3.05, 3.63) is 0 Å². The van der Waals surface area contributed by atoms with E-state index in [1.165, 1.54) is 0 Å². The molecule has 62 valence electrons. The van der Waals surface area contributed by atoms with Crippen molar-refractivity contribution in [1.82, 2.24) is 0 Å². The molecule has 0 spiro atoms. The smallest absolute Gasteiger partial charge is 0.201 e. The van der Waals surface area contributed by atoms with Crippen molar-refractivity contribution < 1.29 is 9.09 Å². The Morgan fingerprint density at radius 3 is 2.82 bits per heavy atom. The maximum Gasteiger partial charge on any atom is 0.201 e. The van der Waals surface area contributed by atoms with Crippen LogP contribution in [0.2, 0.25) is 0 Å². The second kappa shape index (κ2) is 3.01. The van der Waals surface area contributed by atoms with E-state index >= 15 is 0 Å². The molecule has 0 aromatic carbocycles. The summed E-state index contributed by atoms with van der Waals surface area (Å²) in [5, 5.41) is 0. The first-order valence-corrected chi connectivity index (χ1v) is 6.02. The van der Waals surface area contributed by atoms with Gasteiger partial charge in [0, 0.05) is 12.8 Å². The maximum absolute atomic E-state index is 11.4. The summed E-state index contributed by atoms with van der Waals surface area (Å²) in [5.74, 6) is 2.86. The third kappa shape index (κ3) is 2.09. The van der Waals surface area contributed by atoms with Crippen molar-refractivity contribution in [2.24, 2.45) is 5.92 Å². The van der Waals surface area contributed by atoms with Gasteiger partial charge < -0.3 is 4.52 Å². The molecule has 2 nitrogen and oxygen atoms in total. The molecule has 0 aromatic heterocycles. The Kier molecular flexibility index (Phi) is 2.42. The normalized spacial score (nSPS) is 44.8. The van der Waals surface area contributed by atoms with Gasteiger partial charge in [-0.1, -0.05) is 12.8 Å². The molecule has 1 fully saturated rings. The van der Waals surface area contributed by atoms with Crippen LogP contribution in [0.4, 0.5) is 0 Å². The fraction of sp³-hybridized carbons (Fsp3) is 0.750. The summed E-state index contributed by atoms with van der Waals surface area (Å²) in [4.78, 5) is 0. The largest absolute Gasteiger partial charge is 0.312 e. The van der Waals surface area contributed by atoms with Crippen molar-refractivity contribution in [2.75, 3.05) is 12.8 Å². The predicted molar refractivity (Wildman–Crippen MR) is 45.9 cm³/mol. The highest BCUT2D eigenvalue weighted by atomic mass is 31.2. The Balaban J connectivity index is 2.68. The lowest BCUT2D eigenvalue weighted by Gasteiger charge is -2.29. The molecular weight excluding hydrogens is 159 g/mol. The van der Waals surface area contributed by atoms with Gasteiger partial charge >= 0.3 is 0 Å². The van der Waals surface area contributed by atoms with Crippen LogP contribution >= 0.6 is 7.37 Å². The van der Waals surface area contributed by atoms with Crippen molar-refractivity contribution in [3.8, 4) is 12.3 Å². The molecule has 0 saturated carbocycles. The summed E-state index contributed by atoms with van der Waals surface area (Å²) in [5.41, 5.74) is 0. The Hall–Kier alpha value is -0.250. The second-order valence-electron chi connectivity index (χ2n) is 3.20. The van der Waals surface area contributed by atoms with Crippen LogP contribution in [0.1, 0.15) is 13.3 Å². The molecule has 3 heteroatoms. The number of terminal acetylenes is 1. The zero-order valence-corrected chi connectivity index (χ0v) is 7.80. The lowest BCUT2D eigenvalue weighted by atomic mass is 10.0. The van der Waals surface area contributed by atoms with Gasteiger partial charge in [0.2, 0.25) is 7.37 Å². The van der Waals surface area contributed by atoms with E-state index in [0.29, 0.717) is 12.1 Å². The molecule has 1 rings (SSSR count). The van der Waals surface area contributed by atoms with Gasteiger partial charge in [0.15, 0.2) is 0 Å². The van der Waals surface area contributed by atoms with Crippen LogP contribution in [0.15, 0.2) is 0 Å². The van der Waals surface area contributed by atoms with Crippen LogP contribution in [0, 0.1) is 18.3 Å². The minimum absolute atomic E-state index is 0.236. The highest BCUT2D eigenvalue weighted by Crippen LogP contribution is 2.49. The molecule has 11 heavy (non-hydrogen) atoms. The fourth-order valence-corrected chi connectivity index (χ4v) is 2.91. The van der Waals surface area contributed by atoms with Gasteiger partial charge in [0.25, 0.3) is 0 Å². The topological polar surface area (TPSA) is 26.3 Å². The zero-order valence-electron chi connectivity index (χ0n) is 6.91. The molecule has 1 saturated heterocycles. The third-order valence-electron chi connectivity index (χ3n) is 2.01. The molecule has 1 aliphatic heterocycles. The van der Waals surface area contributed by atoms with Crippen molar-refractivity contribution in [1.29, 1.82) is 0 Å².